The van der Waals surface area contributed by atoms with Crippen LogP contribution in [0, 0.1) is 5.92 Å². The average Bonchev–Trinajstić information content (AvgIpc) is 3.41. The van der Waals surface area contributed by atoms with Crippen LogP contribution in [-0.2, 0) is 9.53 Å². The molecule has 23 heavy (non-hydrogen) atoms. The number of carbonyl (C=O) groups excluding carboxylic acids is 2. The molecule has 0 radical (unpaired) electrons. The quantitative estimate of drug-likeness (QED) is 0.829. The molecule has 5 nitrogen and oxygen atoms in total. The van der Waals surface area contributed by atoms with Crippen LogP contribution in [0.15, 0.2) is 48.5 Å². The summed E-state index contributed by atoms with van der Waals surface area (Å²) in [5.41, 5.74) is 2.75. The number of benzene rings is 2. The molecule has 0 aliphatic heterocycles. The highest BCUT2D eigenvalue weighted by atomic mass is 16.5. The highest BCUT2D eigenvalue weighted by Gasteiger charge is 2.29. The lowest BCUT2D eigenvalue weighted by molar-refractivity contribution is -0.117. The molecule has 0 atom stereocenters. The number of para-hydroxylation sites is 1. The fraction of sp³-hybridized carbons (Fsp3) is 0.222. The Kier molecular flexibility index (Phi) is 4.28. The SMILES string of the molecule is COC(=O)c1ccccc1Nc1ccc(NC(=O)C2CC2)cc1. The van der Waals surface area contributed by atoms with Crippen LogP contribution in [-0.4, -0.2) is 19.0 Å². The first kappa shape index (κ1) is 15.1. The molecular formula is C18H18N2O3. The fourth-order valence-corrected chi connectivity index (χ4v) is 2.26. The van der Waals surface area contributed by atoms with E-state index in [0.717, 1.165) is 24.2 Å². The maximum Gasteiger partial charge on any atom is 0.339 e. The van der Waals surface area contributed by atoms with Gasteiger partial charge in [-0.2, -0.15) is 0 Å². The van der Waals surface area contributed by atoms with Gasteiger partial charge in [0.2, 0.25) is 5.91 Å². The largest absolute Gasteiger partial charge is 0.465 e. The van der Waals surface area contributed by atoms with Gasteiger partial charge in [-0.1, -0.05) is 12.1 Å². The highest BCUT2D eigenvalue weighted by molar-refractivity contribution is 5.96. The Hall–Kier alpha value is -2.82. The van der Waals surface area contributed by atoms with Crippen molar-refractivity contribution in [3.05, 3.63) is 54.1 Å². The van der Waals surface area contributed by atoms with E-state index in [1.807, 2.05) is 36.4 Å². The van der Waals surface area contributed by atoms with E-state index >= 15 is 0 Å². The summed E-state index contributed by atoms with van der Waals surface area (Å²) in [6.07, 6.45) is 1.96. The van der Waals surface area contributed by atoms with Crippen molar-refractivity contribution in [1.29, 1.82) is 0 Å². The summed E-state index contributed by atoms with van der Waals surface area (Å²) in [6.45, 7) is 0. The van der Waals surface area contributed by atoms with Crippen molar-refractivity contribution in [1.82, 2.24) is 0 Å². The molecule has 118 valence electrons. The predicted octanol–water partition coefficient (Wildman–Crippen LogP) is 3.57. The molecule has 0 heterocycles. The Morgan fingerprint density at radius 3 is 2.30 bits per heavy atom. The van der Waals surface area contributed by atoms with Gasteiger partial charge >= 0.3 is 5.97 Å². The van der Waals surface area contributed by atoms with Crippen molar-refractivity contribution in [3.63, 3.8) is 0 Å². The average molecular weight is 310 g/mol. The maximum atomic E-state index is 11.8. The van der Waals surface area contributed by atoms with Crippen LogP contribution in [0.5, 0.6) is 0 Å². The summed E-state index contributed by atoms with van der Waals surface area (Å²) in [6, 6.07) is 14.5. The second-order valence-corrected chi connectivity index (χ2v) is 5.50. The number of amides is 1. The van der Waals surface area contributed by atoms with Crippen LogP contribution >= 0.6 is 0 Å². The Bertz CT molecular complexity index is 721. The first-order valence-electron chi connectivity index (χ1n) is 7.52. The topological polar surface area (TPSA) is 67.4 Å². The fourth-order valence-electron chi connectivity index (χ4n) is 2.26. The number of anilines is 3. The molecule has 2 N–H and O–H groups in total. The Morgan fingerprint density at radius 1 is 1.00 bits per heavy atom. The minimum atomic E-state index is -0.388. The predicted molar refractivity (Wildman–Crippen MR) is 88.9 cm³/mol. The lowest BCUT2D eigenvalue weighted by Crippen LogP contribution is -2.13. The van der Waals surface area contributed by atoms with Gasteiger partial charge in [0, 0.05) is 17.3 Å². The molecule has 0 unspecified atom stereocenters. The smallest absolute Gasteiger partial charge is 0.339 e. The van der Waals surface area contributed by atoms with Gasteiger partial charge in [-0.3, -0.25) is 4.79 Å². The van der Waals surface area contributed by atoms with Gasteiger partial charge in [-0.05, 0) is 49.2 Å². The summed E-state index contributed by atoms with van der Waals surface area (Å²) >= 11 is 0. The normalized spacial score (nSPS) is 13.3. The van der Waals surface area contributed by atoms with Gasteiger partial charge in [-0.25, -0.2) is 4.79 Å². The Balaban J connectivity index is 1.71. The van der Waals surface area contributed by atoms with Crippen molar-refractivity contribution in [2.24, 2.45) is 5.92 Å². The summed E-state index contributed by atoms with van der Waals surface area (Å²) in [7, 11) is 1.36. The number of hydrogen-bond acceptors (Lipinski definition) is 4. The van der Waals surface area contributed by atoms with Crippen molar-refractivity contribution in [3.8, 4) is 0 Å². The second-order valence-electron chi connectivity index (χ2n) is 5.50. The van der Waals surface area contributed by atoms with Gasteiger partial charge in [0.1, 0.15) is 0 Å². The molecule has 2 aromatic carbocycles. The number of esters is 1. The third kappa shape index (κ3) is 3.69. The molecule has 0 aromatic heterocycles. The first-order chi connectivity index (χ1) is 11.2. The zero-order chi connectivity index (χ0) is 16.2. The van der Waals surface area contributed by atoms with Gasteiger partial charge < -0.3 is 15.4 Å². The molecule has 5 heteroatoms. The van der Waals surface area contributed by atoms with E-state index in [1.54, 1.807) is 12.1 Å². The lowest BCUT2D eigenvalue weighted by atomic mass is 10.1. The maximum absolute atomic E-state index is 11.8. The van der Waals surface area contributed by atoms with Crippen molar-refractivity contribution in [2.75, 3.05) is 17.7 Å². The molecule has 2 aromatic rings. The standard InChI is InChI=1S/C18H18N2O3/c1-23-18(22)15-4-2-3-5-16(15)19-13-8-10-14(11-9-13)20-17(21)12-6-7-12/h2-5,8-12,19H,6-7H2,1H3,(H,20,21). The van der Waals surface area contributed by atoms with E-state index in [0.29, 0.717) is 11.3 Å². The van der Waals surface area contributed by atoms with Crippen molar-refractivity contribution >= 4 is 28.9 Å². The molecule has 0 bridgehead atoms. The molecular weight excluding hydrogens is 292 g/mol. The second kappa shape index (κ2) is 6.52. The Labute approximate surface area is 134 Å². The zero-order valence-corrected chi connectivity index (χ0v) is 12.8. The number of nitrogens with one attached hydrogen (secondary N) is 2. The van der Waals surface area contributed by atoms with E-state index in [4.69, 9.17) is 4.74 Å². The molecule has 1 aliphatic carbocycles. The Morgan fingerprint density at radius 2 is 1.65 bits per heavy atom. The van der Waals surface area contributed by atoms with E-state index in [-0.39, 0.29) is 17.8 Å². The summed E-state index contributed by atoms with van der Waals surface area (Å²) in [4.78, 5) is 23.5. The minimum Gasteiger partial charge on any atom is -0.465 e. The monoisotopic (exact) mass is 310 g/mol. The molecule has 1 saturated carbocycles. The number of hydrogen-bond donors (Lipinski definition) is 2. The third-order valence-corrected chi connectivity index (χ3v) is 3.71. The number of carbonyl (C=O) groups is 2. The van der Waals surface area contributed by atoms with E-state index in [2.05, 4.69) is 10.6 Å². The van der Waals surface area contributed by atoms with Crippen LogP contribution in [0.2, 0.25) is 0 Å². The van der Waals surface area contributed by atoms with E-state index < -0.39 is 0 Å². The molecule has 1 amide bonds. The summed E-state index contributed by atoms with van der Waals surface area (Å²) < 4.78 is 4.78. The lowest BCUT2D eigenvalue weighted by Gasteiger charge is -2.11. The van der Waals surface area contributed by atoms with Crippen LogP contribution in [0.3, 0.4) is 0 Å². The summed E-state index contributed by atoms with van der Waals surface area (Å²) in [5, 5.41) is 6.08. The molecule has 3 rings (SSSR count). The summed E-state index contributed by atoms with van der Waals surface area (Å²) in [5.74, 6) is -0.122. The van der Waals surface area contributed by atoms with Crippen LogP contribution in [0.25, 0.3) is 0 Å². The van der Waals surface area contributed by atoms with Crippen LogP contribution in [0.1, 0.15) is 23.2 Å². The van der Waals surface area contributed by atoms with Crippen LogP contribution in [0.4, 0.5) is 17.1 Å². The number of methoxy groups -OCH3 is 1. The van der Waals surface area contributed by atoms with Gasteiger partial charge in [0.15, 0.2) is 0 Å². The number of rotatable bonds is 5. The molecule has 0 spiro atoms. The van der Waals surface area contributed by atoms with E-state index in [9.17, 15) is 9.59 Å². The third-order valence-electron chi connectivity index (χ3n) is 3.71. The van der Waals surface area contributed by atoms with E-state index in [1.165, 1.54) is 7.11 Å². The minimum absolute atomic E-state index is 0.0850. The van der Waals surface area contributed by atoms with Gasteiger partial charge in [0.25, 0.3) is 0 Å². The van der Waals surface area contributed by atoms with Crippen LogP contribution < -0.4 is 10.6 Å². The number of ether oxygens (including phenoxy) is 1. The van der Waals surface area contributed by atoms with Crippen molar-refractivity contribution < 1.29 is 14.3 Å². The highest BCUT2D eigenvalue weighted by Crippen LogP contribution is 2.30. The first-order valence-corrected chi connectivity index (χ1v) is 7.52. The molecule has 1 aliphatic rings. The van der Waals surface area contributed by atoms with Gasteiger partial charge in [-0.15, -0.1) is 0 Å². The molecule has 1 fully saturated rings. The molecule has 0 saturated heterocycles. The zero-order valence-electron chi connectivity index (χ0n) is 12.8. The van der Waals surface area contributed by atoms with Crippen molar-refractivity contribution in [2.45, 2.75) is 12.8 Å². The van der Waals surface area contributed by atoms with Gasteiger partial charge in [0.05, 0.1) is 18.4 Å².